The Morgan fingerprint density at radius 2 is 1.89 bits per heavy atom. The van der Waals surface area contributed by atoms with Gasteiger partial charge in [0.05, 0.1) is 0 Å². The maximum absolute atomic E-state index is 12.3. The normalized spacial score (nSPS) is 10.3. The Hall–Kier alpha value is -1.84. The standard InChI is InChI=1S/C15H15ClN2O/c1-18(14-7-5-11(10-17)6-8-14)15(19)12-3-2-4-13(16)9-12/h2-9H,10,17H2,1H3. The third-order valence-corrected chi connectivity index (χ3v) is 3.17. The van der Waals surface area contributed by atoms with Crippen LogP contribution in [0, 0.1) is 0 Å². The summed E-state index contributed by atoms with van der Waals surface area (Å²) in [7, 11) is 1.74. The van der Waals surface area contributed by atoms with Crippen molar-refractivity contribution in [1.29, 1.82) is 0 Å². The summed E-state index contributed by atoms with van der Waals surface area (Å²) >= 11 is 5.89. The van der Waals surface area contributed by atoms with Gasteiger partial charge in [0.25, 0.3) is 5.91 Å². The van der Waals surface area contributed by atoms with Crippen molar-refractivity contribution < 1.29 is 4.79 Å². The van der Waals surface area contributed by atoms with Crippen molar-refractivity contribution in [2.75, 3.05) is 11.9 Å². The van der Waals surface area contributed by atoms with Gasteiger partial charge in [-0.1, -0.05) is 29.8 Å². The number of hydrogen-bond donors (Lipinski definition) is 1. The van der Waals surface area contributed by atoms with E-state index in [2.05, 4.69) is 0 Å². The maximum Gasteiger partial charge on any atom is 0.258 e. The molecule has 0 radical (unpaired) electrons. The zero-order chi connectivity index (χ0) is 13.8. The summed E-state index contributed by atoms with van der Waals surface area (Å²) in [4.78, 5) is 13.9. The zero-order valence-electron chi connectivity index (χ0n) is 10.6. The van der Waals surface area contributed by atoms with E-state index >= 15 is 0 Å². The summed E-state index contributed by atoms with van der Waals surface area (Å²) in [5, 5.41) is 0.553. The van der Waals surface area contributed by atoms with Crippen LogP contribution in [0.1, 0.15) is 15.9 Å². The maximum atomic E-state index is 12.3. The van der Waals surface area contributed by atoms with Crippen molar-refractivity contribution >= 4 is 23.2 Å². The predicted octanol–water partition coefficient (Wildman–Crippen LogP) is 3.08. The second-order valence-corrected chi connectivity index (χ2v) is 4.68. The lowest BCUT2D eigenvalue weighted by Gasteiger charge is -2.17. The van der Waals surface area contributed by atoms with Gasteiger partial charge in [-0.3, -0.25) is 4.79 Å². The molecule has 0 spiro atoms. The number of carbonyl (C=O) groups is 1. The lowest BCUT2D eigenvalue weighted by Crippen LogP contribution is -2.26. The average molecular weight is 275 g/mol. The topological polar surface area (TPSA) is 46.3 Å². The van der Waals surface area contributed by atoms with Crippen molar-refractivity contribution in [1.82, 2.24) is 0 Å². The molecular formula is C15H15ClN2O. The van der Waals surface area contributed by atoms with E-state index in [1.165, 1.54) is 0 Å². The summed E-state index contributed by atoms with van der Waals surface area (Å²) in [5.41, 5.74) is 7.97. The number of anilines is 1. The van der Waals surface area contributed by atoms with E-state index < -0.39 is 0 Å². The smallest absolute Gasteiger partial charge is 0.258 e. The number of benzene rings is 2. The fourth-order valence-corrected chi connectivity index (χ4v) is 1.98. The second-order valence-electron chi connectivity index (χ2n) is 4.25. The first-order valence-electron chi connectivity index (χ1n) is 5.94. The van der Waals surface area contributed by atoms with Crippen LogP contribution in [0.4, 0.5) is 5.69 Å². The molecule has 98 valence electrons. The van der Waals surface area contributed by atoms with Crippen LogP contribution in [0.5, 0.6) is 0 Å². The highest BCUT2D eigenvalue weighted by molar-refractivity contribution is 6.31. The van der Waals surface area contributed by atoms with Gasteiger partial charge in [-0.15, -0.1) is 0 Å². The quantitative estimate of drug-likeness (QED) is 0.935. The molecule has 0 fully saturated rings. The van der Waals surface area contributed by atoms with Crippen LogP contribution < -0.4 is 10.6 Å². The van der Waals surface area contributed by atoms with E-state index in [4.69, 9.17) is 17.3 Å². The van der Waals surface area contributed by atoms with E-state index in [-0.39, 0.29) is 5.91 Å². The van der Waals surface area contributed by atoms with Crippen LogP contribution in [-0.4, -0.2) is 13.0 Å². The molecule has 0 aliphatic heterocycles. The van der Waals surface area contributed by atoms with Gasteiger partial charge < -0.3 is 10.6 Å². The van der Waals surface area contributed by atoms with Gasteiger partial charge >= 0.3 is 0 Å². The first-order chi connectivity index (χ1) is 9.11. The predicted molar refractivity (Wildman–Crippen MR) is 78.5 cm³/mol. The summed E-state index contributed by atoms with van der Waals surface area (Å²) < 4.78 is 0. The second kappa shape index (κ2) is 5.87. The molecule has 2 rings (SSSR count). The molecule has 0 aliphatic rings. The highest BCUT2D eigenvalue weighted by Crippen LogP contribution is 2.18. The van der Waals surface area contributed by atoms with Crippen molar-refractivity contribution in [3.8, 4) is 0 Å². The Morgan fingerprint density at radius 1 is 1.21 bits per heavy atom. The fourth-order valence-electron chi connectivity index (χ4n) is 1.79. The van der Waals surface area contributed by atoms with Crippen LogP contribution >= 0.6 is 11.6 Å². The van der Waals surface area contributed by atoms with Crippen LogP contribution in [0.15, 0.2) is 48.5 Å². The summed E-state index contributed by atoms with van der Waals surface area (Å²) in [6.07, 6.45) is 0. The van der Waals surface area contributed by atoms with E-state index in [0.717, 1.165) is 11.3 Å². The SMILES string of the molecule is CN(C(=O)c1cccc(Cl)c1)c1ccc(CN)cc1. The molecule has 0 saturated carbocycles. The number of amides is 1. The van der Waals surface area contributed by atoms with Gasteiger partial charge in [0.1, 0.15) is 0 Å². The molecule has 2 N–H and O–H groups in total. The minimum absolute atomic E-state index is 0.0944. The Morgan fingerprint density at radius 3 is 2.47 bits per heavy atom. The Labute approximate surface area is 117 Å². The highest BCUT2D eigenvalue weighted by Gasteiger charge is 2.13. The summed E-state index contributed by atoms with van der Waals surface area (Å²) in [5.74, 6) is -0.0944. The monoisotopic (exact) mass is 274 g/mol. The van der Waals surface area contributed by atoms with Crippen LogP contribution in [0.3, 0.4) is 0 Å². The first kappa shape index (κ1) is 13.6. The number of carbonyl (C=O) groups excluding carboxylic acids is 1. The van der Waals surface area contributed by atoms with Gasteiger partial charge in [0.15, 0.2) is 0 Å². The molecule has 3 nitrogen and oxygen atoms in total. The summed E-state index contributed by atoms with van der Waals surface area (Å²) in [6, 6.07) is 14.5. The van der Waals surface area contributed by atoms with Crippen molar-refractivity contribution in [2.24, 2.45) is 5.73 Å². The van der Waals surface area contributed by atoms with Crippen molar-refractivity contribution in [3.05, 3.63) is 64.7 Å². The molecule has 0 saturated heterocycles. The Balaban J connectivity index is 2.23. The molecule has 0 aromatic heterocycles. The van der Waals surface area contributed by atoms with Gasteiger partial charge in [-0.2, -0.15) is 0 Å². The van der Waals surface area contributed by atoms with Crippen LogP contribution in [0.25, 0.3) is 0 Å². The lowest BCUT2D eigenvalue weighted by atomic mass is 10.1. The molecular weight excluding hydrogens is 260 g/mol. The fraction of sp³-hybridized carbons (Fsp3) is 0.133. The third kappa shape index (κ3) is 3.13. The molecule has 2 aromatic carbocycles. The third-order valence-electron chi connectivity index (χ3n) is 2.94. The number of rotatable bonds is 3. The van der Waals surface area contributed by atoms with Crippen molar-refractivity contribution in [3.63, 3.8) is 0 Å². The number of halogens is 1. The van der Waals surface area contributed by atoms with E-state index in [1.54, 1.807) is 36.2 Å². The molecule has 1 amide bonds. The molecule has 0 unspecified atom stereocenters. The van der Waals surface area contributed by atoms with Crippen LogP contribution in [0.2, 0.25) is 5.02 Å². The van der Waals surface area contributed by atoms with Crippen LogP contribution in [-0.2, 0) is 6.54 Å². The average Bonchev–Trinajstić information content (AvgIpc) is 2.46. The first-order valence-corrected chi connectivity index (χ1v) is 6.32. The highest BCUT2D eigenvalue weighted by atomic mass is 35.5. The molecule has 0 atom stereocenters. The molecule has 4 heteroatoms. The molecule has 0 bridgehead atoms. The van der Waals surface area contributed by atoms with Gasteiger partial charge in [-0.05, 0) is 35.9 Å². The van der Waals surface area contributed by atoms with E-state index in [1.807, 2.05) is 24.3 Å². The molecule has 19 heavy (non-hydrogen) atoms. The van der Waals surface area contributed by atoms with Gasteiger partial charge in [0, 0.05) is 29.9 Å². The zero-order valence-corrected chi connectivity index (χ0v) is 11.4. The molecule has 0 aliphatic carbocycles. The number of nitrogens with zero attached hydrogens (tertiary/aromatic N) is 1. The lowest BCUT2D eigenvalue weighted by molar-refractivity contribution is 0.0993. The Bertz CT molecular complexity index is 581. The number of nitrogens with two attached hydrogens (primary N) is 1. The molecule has 2 aromatic rings. The van der Waals surface area contributed by atoms with Crippen molar-refractivity contribution in [2.45, 2.75) is 6.54 Å². The largest absolute Gasteiger partial charge is 0.326 e. The van der Waals surface area contributed by atoms with Gasteiger partial charge in [0.2, 0.25) is 0 Å². The van der Waals surface area contributed by atoms with E-state index in [0.29, 0.717) is 17.1 Å². The summed E-state index contributed by atoms with van der Waals surface area (Å²) in [6.45, 7) is 0.492. The minimum Gasteiger partial charge on any atom is -0.326 e. The number of hydrogen-bond acceptors (Lipinski definition) is 2. The minimum atomic E-state index is -0.0944. The Kier molecular flexibility index (Phi) is 4.20. The molecule has 0 heterocycles. The van der Waals surface area contributed by atoms with Gasteiger partial charge in [-0.25, -0.2) is 0 Å². The van der Waals surface area contributed by atoms with E-state index in [9.17, 15) is 4.79 Å².